The second-order valence-corrected chi connectivity index (χ2v) is 13.9. The van der Waals surface area contributed by atoms with Gasteiger partial charge in [0.25, 0.3) is 0 Å². The van der Waals surface area contributed by atoms with Crippen LogP contribution in [0.15, 0.2) is 6.07 Å². The maximum absolute atomic E-state index is 13.1. The lowest BCUT2D eigenvalue weighted by Gasteiger charge is -2.14. The number of benzene rings is 1. The first-order valence-electron chi connectivity index (χ1n) is 15.5. The Morgan fingerprint density at radius 2 is 0.846 bits per heavy atom. The molecule has 0 aliphatic rings. The van der Waals surface area contributed by atoms with E-state index < -0.39 is 11.9 Å². The van der Waals surface area contributed by atoms with E-state index in [-0.39, 0.29) is 0 Å². The average molecular weight is 880 g/mol. The number of carbonyl (C=O) groups is 2. The Balaban J connectivity index is 2.41. The zero-order valence-electron chi connectivity index (χ0n) is 24.4. The Hall–Kier alpha value is 0.350. The third kappa shape index (κ3) is 17.2. The van der Waals surface area contributed by atoms with Crippen molar-refractivity contribution in [1.29, 1.82) is 0 Å². The first-order chi connectivity index (χ1) is 18.9. The summed E-state index contributed by atoms with van der Waals surface area (Å²) in [4.78, 5) is 26.1. The molecule has 0 bridgehead atoms. The van der Waals surface area contributed by atoms with Crippen LogP contribution in [-0.4, -0.2) is 25.2 Å². The normalized spacial score (nSPS) is 11.1. The Morgan fingerprint density at radius 1 is 0.513 bits per heavy atom. The van der Waals surface area contributed by atoms with Gasteiger partial charge in [-0.15, -0.1) is 0 Å². The summed E-state index contributed by atoms with van der Waals surface area (Å²) >= 11 is 6.49. The van der Waals surface area contributed by atoms with Crippen molar-refractivity contribution in [1.82, 2.24) is 0 Å². The zero-order chi connectivity index (χ0) is 28.7. The molecule has 0 amide bonds. The number of rotatable bonds is 24. The van der Waals surface area contributed by atoms with Crippen molar-refractivity contribution in [3.05, 3.63) is 27.9 Å². The standard InChI is InChI=1S/C32H51I3O4/c1-3-5-7-9-11-13-15-17-19-21-23-38-31(36)28-26(33)25-27(34)30(35)29(28)32(37)39-24-22-20-18-16-14-12-10-8-6-4-2/h25H,3-24H2,1-2H3. The van der Waals surface area contributed by atoms with Crippen molar-refractivity contribution < 1.29 is 19.1 Å². The molecule has 1 aromatic carbocycles. The van der Waals surface area contributed by atoms with Crippen molar-refractivity contribution in [2.24, 2.45) is 0 Å². The van der Waals surface area contributed by atoms with Gasteiger partial charge in [-0.1, -0.05) is 129 Å². The van der Waals surface area contributed by atoms with Crippen molar-refractivity contribution in [3.8, 4) is 0 Å². The lowest BCUT2D eigenvalue weighted by molar-refractivity contribution is 0.0448. The first-order valence-corrected chi connectivity index (χ1v) is 18.7. The summed E-state index contributed by atoms with van der Waals surface area (Å²) in [6, 6.07) is 1.93. The molecular weight excluding hydrogens is 829 g/mol. The molecule has 7 heteroatoms. The van der Waals surface area contributed by atoms with E-state index in [2.05, 4.69) is 81.6 Å². The minimum Gasteiger partial charge on any atom is -0.462 e. The highest BCUT2D eigenvalue weighted by molar-refractivity contribution is 14.1. The molecule has 0 unspecified atom stereocenters. The van der Waals surface area contributed by atoms with Gasteiger partial charge >= 0.3 is 11.9 Å². The van der Waals surface area contributed by atoms with Crippen LogP contribution in [0.2, 0.25) is 0 Å². The monoisotopic (exact) mass is 880 g/mol. The van der Waals surface area contributed by atoms with Gasteiger partial charge in [-0.25, -0.2) is 9.59 Å². The predicted molar refractivity (Wildman–Crippen MR) is 189 cm³/mol. The second-order valence-electron chi connectivity index (χ2n) is 10.5. The number of halogens is 3. The van der Waals surface area contributed by atoms with E-state index in [1.54, 1.807) is 0 Å². The summed E-state index contributed by atoms with van der Waals surface area (Å²) in [5.41, 5.74) is 0.702. The maximum atomic E-state index is 13.1. The molecule has 0 N–H and O–H groups in total. The summed E-state index contributed by atoms with van der Waals surface area (Å²) in [6.45, 7) is 5.28. The van der Waals surface area contributed by atoms with Gasteiger partial charge in [-0.2, -0.15) is 0 Å². The van der Waals surface area contributed by atoms with E-state index >= 15 is 0 Å². The fourth-order valence-electron chi connectivity index (χ4n) is 4.64. The number of unbranched alkanes of at least 4 members (excludes halogenated alkanes) is 18. The van der Waals surface area contributed by atoms with E-state index in [1.165, 1.54) is 103 Å². The first kappa shape index (κ1) is 37.4. The number of ether oxygens (including phenoxy) is 2. The fraction of sp³-hybridized carbons (Fsp3) is 0.750. The summed E-state index contributed by atoms with van der Waals surface area (Å²) < 4.78 is 13.7. The lowest BCUT2D eigenvalue weighted by Crippen LogP contribution is -2.19. The van der Waals surface area contributed by atoms with Gasteiger partial charge in [-0.05, 0) is 86.7 Å². The lowest BCUT2D eigenvalue weighted by atomic mass is 10.1. The van der Waals surface area contributed by atoms with Crippen LogP contribution in [0.1, 0.15) is 163 Å². The molecule has 39 heavy (non-hydrogen) atoms. The van der Waals surface area contributed by atoms with Crippen LogP contribution in [0.3, 0.4) is 0 Å². The van der Waals surface area contributed by atoms with Gasteiger partial charge in [0, 0.05) is 10.7 Å². The summed E-state index contributed by atoms with van der Waals surface area (Å²) in [7, 11) is 0. The molecule has 0 spiro atoms. The van der Waals surface area contributed by atoms with Crippen LogP contribution < -0.4 is 0 Å². The van der Waals surface area contributed by atoms with Crippen molar-refractivity contribution in [3.63, 3.8) is 0 Å². The maximum Gasteiger partial charge on any atom is 0.340 e. The third-order valence-electron chi connectivity index (χ3n) is 7.04. The second kappa shape index (κ2) is 24.9. The quantitative estimate of drug-likeness (QED) is 0.0449. The van der Waals surface area contributed by atoms with Crippen LogP contribution in [-0.2, 0) is 9.47 Å². The van der Waals surface area contributed by atoms with Crippen molar-refractivity contribution in [2.45, 2.75) is 142 Å². The van der Waals surface area contributed by atoms with Gasteiger partial charge in [0.05, 0.1) is 24.3 Å². The largest absolute Gasteiger partial charge is 0.462 e. The molecule has 0 aromatic heterocycles. The molecule has 0 aliphatic heterocycles. The van der Waals surface area contributed by atoms with Crippen LogP contribution in [0, 0.1) is 10.7 Å². The Kier molecular flexibility index (Phi) is 23.9. The minimum absolute atomic E-state index is 0.348. The number of carbonyl (C=O) groups excluding carboxylic acids is 2. The van der Waals surface area contributed by atoms with E-state index in [1.807, 2.05) is 6.07 Å². The van der Waals surface area contributed by atoms with E-state index in [0.717, 1.165) is 36.4 Å². The molecule has 0 saturated heterocycles. The minimum atomic E-state index is -0.421. The Morgan fingerprint density at radius 3 is 1.23 bits per heavy atom. The number of hydrogen-bond donors (Lipinski definition) is 0. The molecule has 0 fully saturated rings. The van der Waals surface area contributed by atoms with Gasteiger partial charge < -0.3 is 9.47 Å². The molecule has 0 atom stereocenters. The molecule has 0 saturated carbocycles. The fourth-order valence-corrected chi connectivity index (χ4v) is 7.26. The van der Waals surface area contributed by atoms with Crippen molar-refractivity contribution >= 4 is 79.7 Å². The highest BCUT2D eigenvalue weighted by atomic mass is 127. The van der Waals surface area contributed by atoms with E-state index in [9.17, 15) is 9.59 Å². The molecule has 0 aliphatic carbocycles. The molecule has 0 heterocycles. The molecule has 224 valence electrons. The molecule has 1 aromatic rings. The molecule has 0 radical (unpaired) electrons. The van der Waals surface area contributed by atoms with Crippen LogP contribution in [0.5, 0.6) is 0 Å². The summed E-state index contributed by atoms with van der Waals surface area (Å²) in [5, 5.41) is 0. The van der Waals surface area contributed by atoms with Crippen LogP contribution >= 0.6 is 67.8 Å². The third-order valence-corrected chi connectivity index (χ3v) is 10.9. The zero-order valence-corrected chi connectivity index (χ0v) is 30.9. The topological polar surface area (TPSA) is 52.6 Å². The van der Waals surface area contributed by atoms with Crippen molar-refractivity contribution in [2.75, 3.05) is 13.2 Å². The highest BCUT2D eigenvalue weighted by Crippen LogP contribution is 2.29. The molecule has 4 nitrogen and oxygen atoms in total. The Bertz CT molecular complexity index is 813. The Labute approximate surface area is 279 Å². The smallest absolute Gasteiger partial charge is 0.340 e. The molecule has 1 rings (SSSR count). The SMILES string of the molecule is CCCCCCCCCCCCOC(=O)c1c(I)cc(I)c(I)c1C(=O)OCCCCCCCCCCCC. The van der Waals surface area contributed by atoms with E-state index in [4.69, 9.17) is 9.47 Å². The number of hydrogen-bond acceptors (Lipinski definition) is 4. The van der Waals surface area contributed by atoms with Gasteiger partial charge in [-0.3, -0.25) is 0 Å². The highest BCUT2D eigenvalue weighted by Gasteiger charge is 2.27. The summed E-state index contributed by atoms with van der Waals surface area (Å²) in [6.07, 6.45) is 24.7. The summed E-state index contributed by atoms with van der Waals surface area (Å²) in [5.74, 6) is -0.840. The van der Waals surface area contributed by atoms with Gasteiger partial charge in [0.1, 0.15) is 0 Å². The van der Waals surface area contributed by atoms with E-state index in [0.29, 0.717) is 24.3 Å². The average Bonchev–Trinajstić information content (AvgIpc) is 2.91. The molecular formula is C32H51I3O4. The van der Waals surface area contributed by atoms with Gasteiger partial charge in [0.15, 0.2) is 0 Å². The number of esters is 2. The van der Waals surface area contributed by atoms with Gasteiger partial charge in [0.2, 0.25) is 0 Å². The predicted octanol–water partition coefficient (Wildman–Crippen LogP) is 11.7. The van der Waals surface area contributed by atoms with Crippen LogP contribution in [0.25, 0.3) is 0 Å². The van der Waals surface area contributed by atoms with Crippen LogP contribution in [0.4, 0.5) is 0 Å².